The maximum Gasteiger partial charge on any atom is 0.194 e. The van der Waals surface area contributed by atoms with E-state index in [9.17, 15) is 0 Å². The second kappa shape index (κ2) is 11.7. The van der Waals surface area contributed by atoms with Crippen LogP contribution in [0.1, 0.15) is 16.7 Å². The molecule has 7 nitrogen and oxygen atoms in total. The van der Waals surface area contributed by atoms with E-state index in [2.05, 4.69) is 68.1 Å². The van der Waals surface area contributed by atoms with E-state index in [1.807, 2.05) is 19.3 Å². The zero-order chi connectivity index (χ0) is 21.6. The van der Waals surface area contributed by atoms with Crippen LogP contribution >= 0.6 is 24.0 Å². The van der Waals surface area contributed by atoms with Gasteiger partial charge in [0.25, 0.3) is 0 Å². The molecule has 0 saturated carbocycles. The van der Waals surface area contributed by atoms with Gasteiger partial charge in [0.1, 0.15) is 5.82 Å². The molecular formula is C24H35IN6O. The standard InChI is InChI=1S/C24H34N6O.HI/c1-19-6-4-8-22(20(19)2)28-10-12-30(13-11-28)24(25-3)27-18-21-7-5-9-26-23(21)29-14-16-31-17-15-29;/h4-9H,10-18H2,1-3H3,(H,25,27);1H. The van der Waals surface area contributed by atoms with Gasteiger partial charge >= 0.3 is 0 Å². The minimum atomic E-state index is 0. The Bertz CT molecular complexity index is 907. The first-order valence-electron chi connectivity index (χ1n) is 11.2. The fourth-order valence-electron chi connectivity index (χ4n) is 4.37. The van der Waals surface area contributed by atoms with Crippen molar-refractivity contribution < 1.29 is 4.74 Å². The summed E-state index contributed by atoms with van der Waals surface area (Å²) in [6.07, 6.45) is 1.87. The number of aromatic nitrogens is 1. The maximum atomic E-state index is 5.50. The molecule has 2 saturated heterocycles. The molecule has 174 valence electrons. The van der Waals surface area contributed by atoms with Crippen molar-refractivity contribution in [2.45, 2.75) is 20.4 Å². The minimum absolute atomic E-state index is 0. The monoisotopic (exact) mass is 550 g/mol. The predicted molar refractivity (Wildman–Crippen MR) is 143 cm³/mol. The topological polar surface area (TPSA) is 56.2 Å². The first kappa shape index (κ1) is 24.6. The normalized spacial score (nSPS) is 17.2. The van der Waals surface area contributed by atoms with Crippen molar-refractivity contribution in [2.75, 3.05) is 69.3 Å². The number of hydrogen-bond donors (Lipinski definition) is 1. The fourth-order valence-corrected chi connectivity index (χ4v) is 4.37. The Kier molecular flexibility index (Phi) is 8.98. The zero-order valence-corrected chi connectivity index (χ0v) is 21.7. The smallest absolute Gasteiger partial charge is 0.194 e. The Morgan fingerprint density at radius 1 is 1.00 bits per heavy atom. The van der Waals surface area contributed by atoms with E-state index in [1.54, 1.807) is 0 Å². The lowest BCUT2D eigenvalue weighted by Gasteiger charge is -2.38. The third-order valence-corrected chi connectivity index (χ3v) is 6.32. The highest BCUT2D eigenvalue weighted by Gasteiger charge is 2.22. The Morgan fingerprint density at radius 2 is 1.75 bits per heavy atom. The number of ether oxygens (including phenoxy) is 1. The van der Waals surface area contributed by atoms with Gasteiger partial charge in [-0.1, -0.05) is 18.2 Å². The minimum Gasteiger partial charge on any atom is -0.378 e. The van der Waals surface area contributed by atoms with E-state index in [1.165, 1.54) is 22.4 Å². The summed E-state index contributed by atoms with van der Waals surface area (Å²) in [4.78, 5) is 16.4. The van der Waals surface area contributed by atoms with E-state index < -0.39 is 0 Å². The maximum absolute atomic E-state index is 5.50. The Labute approximate surface area is 208 Å². The van der Waals surface area contributed by atoms with Crippen molar-refractivity contribution in [1.82, 2.24) is 15.2 Å². The number of rotatable bonds is 4. The second-order valence-corrected chi connectivity index (χ2v) is 8.18. The van der Waals surface area contributed by atoms with Gasteiger partial charge in [0, 0.05) is 70.3 Å². The number of pyridine rings is 1. The van der Waals surface area contributed by atoms with Crippen molar-refractivity contribution >= 4 is 41.4 Å². The van der Waals surface area contributed by atoms with Crippen molar-refractivity contribution in [2.24, 2.45) is 4.99 Å². The van der Waals surface area contributed by atoms with E-state index in [0.29, 0.717) is 6.54 Å². The Hall–Kier alpha value is -2.07. The average molecular weight is 550 g/mol. The molecular weight excluding hydrogens is 515 g/mol. The first-order chi connectivity index (χ1) is 15.2. The number of nitrogens with zero attached hydrogens (tertiary/aromatic N) is 5. The second-order valence-electron chi connectivity index (χ2n) is 8.18. The average Bonchev–Trinajstić information content (AvgIpc) is 2.82. The van der Waals surface area contributed by atoms with Gasteiger partial charge in [0.05, 0.1) is 13.2 Å². The van der Waals surface area contributed by atoms with Gasteiger partial charge in [-0.3, -0.25) is 4.99 Å². The molecule has 3 heterocycles. The number of nitrogens with one attached hydrogen (secondary N) is 1. The van der Waals surface area contributed by atoms with Crippen LogP contribution in [0.3, 0.4) is 0 Å². The first-order valence-corrected chi connectivity index (χ1v) is 11.2. The van der Waals surface area contributed by atoms with Crippen LogP contribution in [0.4, 0.5) is 11.5 Å². The molecule has 1 aromatic carbocycles. The molecule has 8 heteroatoms. The lowest BCUT2D eigenvalue weighted by atomic mass is 10.1. The fraction of sp³-hybridized carbons (Fsp3) is 0.500. The number of aryl methyl sites for hydroxylation is 1. The van der Waals surface area contributed by atoms with Gasteiger partial charge < -0.3 is 24.8 Å². The lowest BCUT2D eigenvalue weighted by Crippen LogP contribution is -2.52. The number of benzene rings is 1. The number of morpholine rings is 1. The van der Waals surface area contributed by atoms with Crippen molar-refractivity contribution in [3.63, 3.8) is 0 Å². The summed E-state index contributed by atoms with van der Waals surface area (Å²) < 4.78 is 5.50. The SMILES string of the molecule is CN=C(NCc1cccnc1N1CCOCC1)N1CCN(c2cccc(C)c2C)CC1.I. The highest BCUT2D eigenvalue weighted by molar-refractivity contribution is 14.0. The van der Waals surface area contributed by atoms with Crippen LogP contribution in [0.2, 0.25) is 0 Å². The van der Waals surface area contributed by atoms with Gasteiger partial charge in [0.2, 0.25) is 0 Å². The van der Waals surface area contributed by atoms with E-state index in [0.717, 1.165) is 64.3 Å². The van der Waals surface area contributed by atoms with Crippen LogP contribution in [-0.4, -0.2) is 75.4 Å². The molecule has 0 bridgehead atoms. The van der Waals surface area contributed by atoms with Crippen molar-refractivity contribution in [3.05, 3.63) is 53.2 Å². The molecule has 1 N–H and O–H groups in total. The predicted octanol–water partition coefficient (Wildman–Crippen LogP) is 3.05. The van der Waals surface area contributed by atoms with Crippen LogP contribution in [-0.2, 0) is 11.3 Å². The summed E-state index contributed by atoms with van der Waals surface area (Å²) in [5, 5.41) is 3.57. The summed E-state index contributed by atoms with van der Waals surface area (Å²) >= 11 is 0. The molecule has 0 atom stereocenters. The van der Waals surface area contributed by atoms with Crippen molar-refractivity contribution in [3.8, 4) is 0 Å². The van der Waals surface area contributed by atoms with Crippen LogP contribution in [0.5, 0.6) is 0 Å². The Balaban J connectivity index is 0.00000289. The molecule has 4 rings (SSSR count). The third kappa shape index (κ3) is 5.64. The van der Waals surface area contributed by atoms with Gasteiger partial charge in [0.15, 0.2) is 5.96 Å². The van der Waals surface area contributed by atoms with Gasteiger partial charge in [-0.05, 0) is 37.1 Å². The zero-order valence-electron chi connectivity index (χ0n) is 19.4. The number of hydrogen-bond acceptors (Lipinski definition) is 5. The summed E-state index contributed by atoms with van der Waals surface area (Å²) in [6.45, 7) is 12.3. The molecule has 2 fully saturated rings. The molecule has 32 heavy (non-hydrogen) atoms. The molecule has 0 amide bonds. The van der Waals surface area contributed by atoms with Crippen LogP contribution in [0, 0.1) is 13.8 Å². The summed E-state index contributed by atoms with van der Waals surface area (Å²) in [5.41, 5.74) is 5.28. The highest BCUT2D eigenvalue weighted by Crippen LogP contribution is 2.24. The Morgan fingerprint density at radius 3 is 2.47 bits per heavy atom. The number of guanidine groups is 1. The molecule has 2 aliphatic rings. The highest BCUT2D eigenvalue weighted by atomic mass is 127. The molecule has 0 radical (unpaired) electrons. The van der Waals surface area contributed by atoms with Gasteiger partial charge in [-0.2, -0.15) is 0 Å². The summed E-state index contributed by atoms with van der Waals surface area (Å²) in [7, 11) is 1.87. The van der Waals surface area contributed by atoms with E-state index >= 15 is 0 Å². The molecule has 0 aliphatic carbocycles. The van der Waals surface area contributed by atoms with Crippen molar-refractivity contribution in [1.29, 1.82) is 0 Å². The summed E-state index contributed by atoms with van der Waals surface area (Å²) in [6, 6.07) is 10.7. The third-order valence-electron chi connectivity index (χ3n) is 6.32. The van der Waals surface area contributed by atoms with Crippen LogP contribution < -0.4 is 15.1 Å². The molecule has 2 aliphatic heterocycles. The number of piperazine rings is 1. The van der Waals surface area contributed by atoms with Gasteiger partial charge in [-0.25, -0.2) is 4.98 Å². The van der Waals surface area contributed by atoms with Crippen LogP contribution in [0.25, 0.3) is 0 Å². The van der Waals surface area contributed by atoms with E-state index in [-0.39, 0.29) is 24.0 Å². The molecule has 0 unspecified atom stereocenters. The van der Waals surface area contributed by atoms with Gasteiger partial charge in [-0.15, -0.1) is 24.0 Å². The number of halogens is 1. The summed E-state index contributed by atoms with van der Waals surface area (Å²) in [5.74, 6) is 2.01. The lowest BCUT2D eigenvalue weighted by molar-refractivity contribution is 0.122. The quantitative estimate of drug-likeness (QED) is 0.359. The van der Waals surface area contributed by atoms with E-state index in [4.69, 9.17) is 4.74 Å². The largest absolute Gasteiger partial charge is 0.378 e. The molecule has 2 aromatic rings. The number of anilines is 2. The number of aliphatic imine (C=N–C) groups is 1. The van der Waals surface area contributed by atoms with Crippen LogP contribution in [0.15, 0.2) is 41.5 Å². The molecule has 0 spiro atoms. The molecule has 1 aromatic heterocycles.